The summed E-state index contributed by atoms with van der Waals surface area (Å²) in [6.07, 6.45) is 3.70. The first kappa shape index (κ1) is 19.3. The second kappa shape index (κ2) is 8.19. The molecule has 29 heavy (non-hydrogen) atoms. The SMILES string of the molecule is CN(CCCN1CC[C@H]2[C@@H](C1)c1cccc3c1N2CCCS3)c1ccc(F)cc1. The van der Waals surface area contributed by atoms with Gasteiger partial charge in [0.2, 0.25) is 0 Å². The highest BCUT2D eigenvalue weighted by molar-refractivity contribution is 7.99. The number of rotatable bonds is 5. The van der Waals surface area contributed by atoms with Crippen LogP contribution >= 0.6 is 11.8 Å². The summed E-state index contributed by atoms with van der Waals surface area (Å²) in [6, 6.07) is 14.5. The Hall–Kier alpha value is -1.72. The van der Waals surface area contributed by atoms with Gasteiger partial charge in [-0.15, -0.1) is 11.8 Å². The van der Waals surface area contributed by atoms with E-state index in [-0.39, 0.29) is 5.82 Å². The molecule has 2 atom stereocenters. The largest absolute Gasteiger partial charge is 0.375 e. The molecule has 0 N–H and O–H groups in total. The summed E-state index contributed by atoms with van der Waals surface area (Å²) >= 11 is 2.05. The Morgan fingerprint density at radius 2 is 2.00 bits per heavy atom. The van der Waals surface area contributed by atoms with Gasteiger partial charge in [-0.2, -0.15) is 0 Å². The third kappa shape index (κ3) is 3.75. The molecule has 0 radical (unpaired) electrons. The number of nitrogens with zero attached hydrogens (tertiary/aromatic N) is 3. The molecule has 3 nitrogen and oxygen atoms in total. The van der Waals surface area contributed by atoms with Gasteiger partial charge in [-0.25, -0.2) is 4.39 Å². The second-order valence-corrected chi connectivity index (χ2v) is 9.74. The van der Waals surface area contributed by atoms with Crippen LogP contribution in [0, 0.1) is 5.82 Å². The number of para-hydroxylation sites is 1. The van der Waals surface area contributed by atoms with Crippen molar-refractivity contribution < 1.29 is 4.39 Å². The number of hydrogen-bond acceptors (Lipinski definition) is 4. The molecule has 1 fully saturated rings. The molecule has 2 aromatic carbocycles. The number of anilines is 2. The lowest BCUT2D eigenvalue weighted by molar-refractivity contribution is 0.192. The summed E-state index contributed by atoms with van der Waals surface area (Å²) in [4.78, 5) is 9.14. The maximum absolute atomic E-state index is 13.1. The lowest BCUT2D eigenvalue weighted by Crippen LogP contribution is -2.47. The van der Waals surface area contributed by atoms with Crippen LogP contribution in [0.3, 0.4) is 0 Å². The Labute approximate surface area is 177 Å². The van der Waals surface area contributed by atoms with E-state index in [1.807, 2.05) is 23.9 Å². The van der Waals surface area contributed by atoms with Crippen molar-refractivity contribution in [3.63, 3.8) is 0 Å². The molecule has 3 aliphatic heterocycles. The van der Waals surface area contributed by atoms with E-state index in [1.54, 1.807) is 23.4 Å². The van der Waals surface area contributed by atoms with Crippen LogP contribution < -0.4 is 9.80 Å². The second-order valence-electron chi connectivity index (χ2n) is 8.60. The Bertz CT molecular complexity index is 856. The minimum atomic E-state index is -0.169. The summed E-state index contributed by atoms with van der Waals surface area (Å²) in [5.74, 6) is 1.74. The summed E-state index contributed by atoms with van der Waals surface area (Å²) < 4.78 is 13.1. The summed E-state index contributed by atoms with van der Waals surface area (Å²) in [6.45, 7) is 5.75. The van der Waals surface area contributed by atoms with Gasteiger partial charge in [0.15, 0.2) is 0 Å². The van der Waals surface area contributed by atoms with E-state index in [2.05, 4.69) is 39.9 Å². The molecule has 3 heterocycles. The summed E-state index contributed by atoms with van der Waals surface area (Å²) in [7, 11) is 2.10. The molecule has 5 rings (SSSR count). The normalized spacial score (nSPS) is 23.4. The number of piperidine rings is 1. The Morgan fingerprint density at radius 3 is 2.86 bits per heavy atom. The number of hydrogen-bond donors (Lipinski definition) is 0. The molecule has 5 heteroatoms. The zero-order chi connectivity index (χ0) is 19.8. The number of fused-ring (bicyclic) bond motifs is 3. The van der Waals surface area contributed by atoms with Gasteiger partial charge in [0.05, 0.1) is 5.69 Å². The van der Waals surface area contributed by atoms with E-state index in [1.165, 1.54) is 43.1 Å². The van der Waals surface area contributed by atoms with Crippen molar-refractivity contribution in [3.8, 4) is 0 Å². The first-order chi connectivity index (χ1) is 14.2. The van der Waals surface area contributed by atoms with Crippen molar-refractivity contribution in [2.75, 3.05) is 55.3 Å². The molecule has 0 aliphatic carbocycles. The minimum absolute atomic E-state index is 0.169. The highest BCUT2D eigenvalue weighted by Crippen LogP contribution is 2.50. The van der Waals surface area contributed by atoms with Crippen LogP contribution in [-0.4, -0.2) is 56.5 Å². The first-order valence-electron chi connectivity index (χ1n) is 10.9. The third-order valence-corrected chi connectivity index (χ3v) is 7.95. The van der Waals surface area contributed by atoms with Crippen LogP contribution in [0.15, 0.2) is 47.4 Å². The van der Waals surface area contributed by atoms with Gasteiger partial charge in [-0.05, 0) is 67.5 Å². The smallest absolute Gasteiger partial charge is 0.123 e. The van der Waals surface area contributed by atoms with Crippen LogP contribution in [-0.2, 0) is 0 Å². The fourth-order valence-electron chi connectivity index (χ4n) is 5.37. The summed E-state index contributed by atoms with van der Waals surface area (Å²) in [5, 5.41) is 0. The van der Waals surface area contributed by atoms with Gasteiger partial charge in [-0.1, -0.05) is 12.1 Å². The zero-order valence-electron chi connectivity index (χ0n) is 17.2. The molecule has 0 unspecified atom stereocenters. The molecular weight excluding hydrogens is 381 g/mol. The van der Waals surface area contributed by atoms with Gasteiger partial charge in [0, 0.05) is 55.8 Å². The predicted molar refractivity (Wildman–Crippen MR) is 121 cm³/mol. The average Bonchev–Trinajstić information content (AvgIpc) is 2.89. The van der Waals surface area contributed by atoms with Crippen molar-refractivity contribution in [1.82, 2.24) is 4.90 Å². The van der Waals surface area contributed by atoms with Crippen molar-refractivity contribution in [1.29, 1.82) is 0 Å². The Kier molecular flexibility index (Phi) is 5.44. The monoisotopic (exact) mass is 411 g/mol. The molecule has 0 aromatic heterocycles. The van der Waals surface area contributed by atoms with Crippen LogP contribution in [0.1, 0.15) is 30.7 Å². The molecule has 0 saturated carbocycles. The number of benzene rings is 2. The first-order valence-corrected chi connectivity index (χ1v) is 11.9. The van der Waals surface area contributed by atoms with Crippen molar-refractivity contribution in [3.05, 3.63) is 53.8 Å². The van der Waals surface area contributed by atoms with E-state index in [0.29, 0.717) is 12.0 Å². The van der Waals surface area contributed by atoms with Crippen molar-refractivity contribution in [2.45, 2.75) is 36.1 Å². The molecule has 154 valence electrons. The standard InChI is InChI=1S/C24H30FN3S/c1-26(19-9-7-18(25)8-10-19)12-3-13-27-15-11-22-21(17-27)20-5-2-6-23-24(20)28(22)14-4-16-29-23/h2,5-10,21-22H,3-4,11-17H2,1H3/t21-,22-/m0/s1. The molecule has 0 bridgehead atoms. The Balaban J connectivity index is 1.21. The van der Waals surface area contributed by atoms with E-state index in [9.17, 15) is 4.39 Å². The topological polar surface area (TPSA) is 9.72 Å². The fraction of sp³-hybridized carbons (Fsp3) is 0.500. The maximum atomic E-state index is 13.1. The number of thioether (sulfide) groups is 1. The van der Waals surface area contributed by atoms with Gasteiger partial charge in [-0.3, -0.25) is 0 Å². The van der Waals surface area contributed by atoms with Gasteiger partial charge < -0.3 is 14.7 Å². The van der Waals surface area contributed by atoms with Gasteiger partial charge in [0.25, 0.3) is 0 Å². The van der Waals surface area contributed by atoms with Crippen LogP contribution in [0.4, 0.5) is 15.8 Å². The van der Waals surface area contributed by atoms with Crippen LogP contribution in [0.2, 0.25) is 0 Å². The number of likely N-dealkylation sites (tertiary alicyclic amines) is 1. The quantitative estimate of drug-likeness (QED) is 0.697. The third-order valence-electron chi connectivity index (χ3n) is 6.81. The maximum Gasteiger partial charge on any atom is 0.123 e. The van der Waals surface area contributed by atoms with Gasteiger partial charge in [0.1, 0.15) is 5.82 Å². The van der Waals surface area contributed by atoms with E-state index in [4.69, 9.17) is 0 Å². The molecule has 2 aromatic rings. The lowest BCUT2D eigenvalue weighted by Gasteiger charge is -2.39. The predicted octanol–water partition coefficient (Wildman–Crippen LogP) is 4.83. The molecule has 0 amide bonds. The molecular formula is C24H30FN3S. The Morgan fingerprint density at radius 1 is 1.14 bits per heavy atom. The highest BCUT2D eigenvalue weighted by Gasteiger charge is 2.43. The van der Waals surface area contributed by atoms with Gasteiger partial charge >= 0.3 is 0 Å². The summed E-state index contributed by atoms with van der Waals surface area (Å²) in [5.41, 5.74) is 4.24. The average molecular weight is 412 g/mol. The zero-order valence-corrected chi connectivity index (χ0v) is 18.0. The molecule has 1 saturated heterocycles. The minimum Gasteiger partial charge on any atom is -0.375 e. The number of halogens is 1. The van der Waals surface area contributed by atoms with E-state index < -0.39 is 0 Å². The lowest BCUT2D eigenvalue weighted by atomic mass is 9.89. The molecule has 0 spiro atoms. The highest BCUT2D eigenvalue weighted by atomic mass is 32.2. The van der Waals surface area contributed by atoms with Crippen molar-refractivity contribution >= 4 is 23.1 Å². The van der Waals surface area contributed by atoms with Crippen molar-refractivity contribution in [2.24, 2.45) is 0 Å². The van der Waals surface area contributed by atoms with Crippen LogP contribution in [0.25, 0.3) is 0 Å². The molecule has 3 aliphatic rings. The van der Waals surface area contributed by atoms with E-state index >= 15 is 0 Å². The van der Waals surface area contributed by atoms with E-state index in [0.717, 1.165) is 25.2 Å². The van der Waals surface area contributed by atoms with Crippen LogP contribution in [0.5, 0.6) is 0 Å². The fourth-order valence-corrected chi connectivity index (χ4v) is 6.41.